The largest absolute Gasteiger partial charge is 0.486 e. The smallest absolute Gasteiger partial charge is 0.330 e. The molecule has 0 radical (unpaired) electrons. The summed E-state index contributed by atoms with van der Waals surface area (Å²) in [6.07, 6.45) is 0.926. The highest BCUT2D eigenvalue weighted by Gasteiger charge is 2.36. The van der Waals surface area contributed by atoms with E-state index in [2.05, 4.69) is 10.3 Å². The Hall–Kier alpha value is -4.94. The monoisotopic (exact) mass is 594 g/mol. The van der Waals surface area contributed by atoms with Gasteiger partial charge in [-0.25, -0.2) is 13.6 Å². The first-order valence-electron chi connectivity index (χ1n) is 12.6. The summed E-state index contributed by atoms with van der Waals surface area (Å²) in [7, 11) is 1.38. The Bertz CT molecular complexity index is 1770. The Labute approximate surface area is 242 Å². The molecule has 2 N–H and O–H groups in total. The van der Waals surface area contributed by atoms with Gasteiger partial charge in [0.15, 0.2) is 29.3 Å². The van der Waals surface area contributed by atoms with Crippen LogP contribution in [0.1, 0.15) is 0 Å². The summed E-state index contributed by atoms with van der Waals surface area (Å²) in [6.45, 7) is 0.711. The van der Waals surface area contributed by atoms with Crippen LogP contribution in [-0.4, -0.2) is 53.4 Å². The Balaban J connectivity index is 1.26. The molecule has 3 heterocycles. The minimum absolute atomic E-state index is 0.0644. The maximum Gasteiger partial charge on any atom is 0.330 e. The summed E-state index contributed by atoms with van der Waals surface area (Å²) >= 11 is 6.40. The lowest BCUT2D eigenvalue weighted by Crippen LogP contribution is -2.52. The second-order valence-electron chi connectivity index (χ2n) is 9.31. The van der Waals surface area contributed by atoms with Crippen LogP contribution in [0.15, 0.2) is 72.6 Å². The molecule has 1 atom stereocenters. The summed E-state index contributed by atoms with van der Waals surface area (Å²) < 4.78 is 46.0. The number of ether oxygens (including phenoxy) is 3. The number of rotatable bonds is 5. The summed E-state index contributed by atoms with van der Waals surface area (Å²) in [5.74, 6) is -1.29. The van der Waals surface area contributed by atoms with Crippen LogP contribution in [0.25, 0.3) is 10.9 Å². The maximum absolute atomic E-state index is 15.3. The second kappa shape index (κ2) is 10.8. The predicted molar refractivity (Wildman–Crippen MR) is 149 cm³/mol. The summed E-state index contributed by atoms with van der Waals surface area (Å²) in [5, 5.41) is 13.8. The number of benzene rings is 3. The molecule has 0 bridgehead atoms. The molecule has 1 aromatic heterocycles. The number of nitrogens with zero attached hydrogens (tertiary/aromatic N) is 3. The Morgan fingerprint density at radius 3 is 2.64 bits per heavy atom. The number of anilines is 2. The highest BCUT2D eigenvalue weighted by molar-refractivity contribution is 6.34. The molecule has 0 saturated carbocycles. The maximum atomic E-state index is 15.3. The highest BCUT2D eigenvalue weighted by Crippen LogP contribution is 2.43. The van der Waals surface area contributed by atoms with E-state index in [9.17, 15) is 19.1 Å². The van der Waals surface area contributed by atoms with E-state index in [-0.39, 0.29) is 33.5 Å². The molecule has 10 nitrogen and oxygen atoms in total. The van der Waals surface area contributed by atoms with E-state index in [0.29, 0.717) is 35.6 Å². The third-order valence-electron chi connectivity index (χ3n) is 6.59. The molecule has 214 valence electrons. The van der Waals surface area contributed by atoms with E-state index in [1.807, 2.05) is 0 Å². The van der Waals surface area contributed by atoms with Crippen LogP contribution < -0.4 is 24.4 Å². The molecule has 6 rings (SSSR count). The normalized spacial score (nSPS) is 16.4. The average Bonchev–Trinajstić information content (AvgIpc) is 2.98. The van der Waals surface area contributed by atoms with Crippen molar-refractivity contribution in [2.24, 2.45) is 0 Å². The summed E-state index contributed by atoms with van der Waals surface area (Å²) in [5.41, 5.74) is 0.353. The van der Waals surface area contributed by atoms with Crippen molar-refractivity contribution in [2.75, 3.05) is 30.5 Å². The number of aliphatic hydroxyl groups is 1. The standard InChI is InChI=1S/C29H21ClF2N4O6/c1-35-14-17(28(38)36(29(35)39)16-4-2-15(31)3-5-16)27(37)34-21-13-19(32)24(12-18(21)30)42-22-8-9-33-20-6-7-23-26(25(20)22)41-11-10-40-23/h2-9,12-14,28,38H,10-11H2,1H3,(H,34,37). The highest BCUT2D eigenvalue weighted by atomic mass is 35.5. The SMILES string of the molecule is CN1C=C(C(=O)Nc2cc(F)c(Oc3ccnc4ccc5c(c34)OCCO5)cc2Cl)C(O)N(c2ccc(F)cc2)C1=O. The van der Waals surface area contributed by atoms with Crippen LogP contribution in [-0.2, 0) is 4.79 Å². The van der Waals surface area contributed by atoms with Crippen LogP contribution in [0, 0.1) is 11.6 Å². The van der Waals surface area contributed by atoms with Crippen molar-refractivity contribution < 1.29 is 37.7 Å². The fraction of sp³-hybridized carbons (Fsp3) is 0.138. The average molecular weight is 595 g/mol. The Kier molecular flexibility index (Phi) is 7.01. The van der Waals surface area contributed by atoms with Crippen molar-refractivity contribution >= 4 is 45.8 Å². The zero-order valence-electron chi connectivity index (χ0n) is 21.8. The predicted octanol–water partition coefficient (Wildman–Crippen LogP) is 5.44. The summed E-state index contributed by atoms with van der Waals surface area (Å²) in [6, 6.07) is 11.3. The van der Waals surface area contributed by atoms with Crippen molar-refractivity contribution in [1.29, 1.82) is 0 Å². The zero-order valence-corrected chi connectivity index (χ0v) is 22.6. The number of carbonyl (C=O) groups is 2. The van der Waals surface area contributed by atoms with Gasteiger partial charge in [-0.15, -0.1) is 0 Å². The van der Waals surface area contributed by atoms with E-state index in [1.54, 1.807) is 18.2 Å². The summed E-state index contributed by atoms with van der Waals surface area (Å²) in [4.78, 5) is 32.2. The lowest BCUT2D eigenvalue weighted by atomic mass is 10.1. The number of pyridine rings is 1. The number of aromatic nitrogens is 1. The quantitative estimate of drug-likeness (QED) is 0.316. The van der Waals surface area contributed by atoms with Crippen molar-refractivity contribution in [1.82, 2.24) is 9.88 Å². The number of fused-ring (bicyclic) bond motifs is 3. The Morgan fingerprint density at radius 1 is 1.10 bits per heavy atom. The third-order valence-corrected chi connectivity index (χ3v) is 6.91. The number of hydrogen-bond donors (Lipinski definition) is 2. The molecule has 2 aliphatic heterocycles. The van der Waals surface area contributed by atoms with Gasteiger partial charge in [-0.3, -0.25) is 14.7 Å². The van der Waals surface area contributed by atoms with Crippen LogP contribution in [0.5, 0.6) is 23.0 Å². The van der Waals surface area contributed by atoms with Gasteiger partial charge in [0.2, 0.25) is 0 Å². The molecular weight excluding hydrogens is 574 g/mol. The molecular formula is C29H21ClF2N4O6. The van der Waals surface area contributed by atoms with E-state index in [0.717, 1.165) is 34.2 Å². The molecule has 3 aromatic carbocycles. The first kappa shape index (κ1) is 27.2. The van der Waals surface area contributed by atoms with Crippen molar-refractivity contribution in [3.8, 4) is 23.0 Å². The fourth-order valence-electron chi connectivity index (χ4n) is 4.59. The lowest BCUT2D eigenvalue weighted by Gasteiger charge is -2.36. The van der Waals surface area contributed by atoms with Gasteiger partial charge in [0.05, 0.1) is 27.2 Å². The van der Waals surface area contributed by atoms with E-state index < -0.39 is 29.8 Å². The Morgan fingerprint density at radius 2 is 1.86 bits per heavy atom. The number of amides is 3. The topological polar surface area (TPSA) is 113 Å². The molecule has 0 spiro atoms. The van der Waals surface area contributed by atoms with Crippen molar-refractivity contribution in [3.63, 3.8) is 0 Å². The zero-order chi connectivity index (χ0) is 29.5. The lowest BCUT2D eigenvalue weighted by molar-refractivity contribution is -0.113. The number of hydrogen-bond acceptors (Lipinski definition) is 7. The van der Waals surface area contributed by atoms with Crippen molar-refractivity contribution in [3.05, 3.63) is 89.2 Å². The van der Waals surface area contributed by atoms with Gasteiger partial charge >= 0.3 is 6.03 Å². The molecule has 3 amide bonds. The number of carbonyl (C=O) groups excluding carboxylic acids is 2. The number of nitrogens with one attached hydrogen (secondary N) is 1. The van der Waals surface area contributed by atoms with Crippen LogP contribution in [0.2, 0.25) is 5.02 Å². The first-order chi connectivity index (χ1) is 20.2. The van der Waals surface area contributed by atoms with E-state index in [1.165, 1.54) is 31.4 Å². The minimum atomic E-state index is -1.72. The molecule has 4 aromatic rings. The fourth-order valence-corrected chi connectivity index (χ4v) is 4.79. The van der Waals surface area contributed by atoms with Gasteiger partial charge in [-0.05, 0) is 42.5 Å². The molecule has 42 heavy (non-hydrogen) atoms. The van der Waals surface area contributed by atoms with Gasteiger partial charge in [-0.2, -0.15) is 0 Å². The van der Waals surface area contributed by atoms with Gasteiger partial charge in [-0.1, -0.05) is 11.6 Å². The molecule has 0 aliphatic carbocycles. The third kappa shape index (κ3) is 4.91. The first-order valence-corrected chi connectivity index (χ1v) is 13.0. The van der Waals surface area contributed by atoms with Gasteiger partial charge in [0.25, 0.3) is 5.91 Å². The van der Waals surface area contributed by atoms with Crippen LogP contribution in [0.4, 0.5) is 25.0 Å². The minimum Gasteiger partial charge on any atom is -0.486 e. The van der Waals surface area contributed by atoms with Gasteiger partial charge in [0.1, 0.15) is 24.8 Å². The van der Waals surface area contributed by atoms with Crippen LogP contribution in [0.3, 0.4) is 0 Å². The van der Waals surface area contributed by atoms with Gasteiger partial charge < -0.3 is 29.5 Å². The molecule has 13 heteroatoms. The number of urea groups is 1. The van der Waals surface area contributed by atoms with Gasteiger partial charge in [0, 0.05) is 37.3 Å². The number of aliphatic hydroxyl groups excluding tert-OH is 1. The molecule has 2 aliphatic rings. The molecule has 1 unspecified atom stereocenters. The second-order valence-corrected chi connectivity index (χ2v) is 9.72. The van der Waals surface area contributed by atoms with E-state index >= 15 is 4.39 Å². The molecule has 0 fully saturated rings. The van der Waals surface area contributed by atoms with Crippen LogP contribution >= 0.6 is 11.6 Å². The van der Waals surface area contributed by atoms with Crippen molar-refractivity contribution in [2.45, 2.75) is 6.23 Å². The van der Waals surface area contributed by atoms with E-state index in [4.69, 9.17) is 25.8 Å². The molecule has 0 saturated heterocycles. The number of halogens is 3.